The number of aryl methyl sites for hydroxylation is 1. The Morgan fingerprint density at radius 2 is 2.00 bits per heavy atom. The molecule has 1 aromatic carbocycles. The van der Waals surface area contributed by atoms with E-state index in [1.54, 1.807) is 11.3 Å². The first-order chi connectivity index (χ1) is 10.7. The van der Waals surface area contributed by atoms with Gasteiger partial charge in [-0.05, 0) is 48.2 Å². The molecule has 1 atom stereocenters. The lowest BCUT2D eigenvalue weighted by Crippen LogP contribution is -2.19. The molecule has 0 radical (unpaired) electrons. The minimum atomic E-state index is 0.0256. The predicted molar refractivity (Wildman–Crippen MR) is 91.3 cm³/mol. The van der Waals surface area contributed by atoms with Crippen LogP contribution >= 0.6 is 11.3 Å². The van der Waals surface area contributed by atoms with Crippen molar-refractivity contribution in [2.45, 2.75) is 19.4 Å². The number of carbonyl (C=O) groups is 1. The van der Waals surface area contributed by atoms with Crippen LogP contribution in [0.15, 0.2) is 66.3 Å². The van der Waals surface area contributed by atoms with E-state index < -0.39 is 0 Å². The first kappa shape index (κ1) is 14.6. The Hall–Kier alpha value is -2.33. The number of thiophene rings is 1. The number of benzene rings is 1. The van der Waals surface area contributed by atoms with Gasteiger partial charge in [-0.3, -0.25) is 4.79 Å². The molecular formula is C18H18N2OS. The number of carbonyl (C=O) groups excluding carboxylic acids is 1. The molecule has 3 aromatic rings. The van der Waals surface area contributed by atoms with Crippen molar-refractivity contribution in [3.63, 3.8) is 0 Å². The van der Waals surface area contributed by atoms with Gasteiger partial charge < -0.3 is 9.88 Å². The summed E-state index contributed by atoms with van der Waals surface area (Å²) in [5, 5.41) is 5.04. The Morgan fingerprint density at radius 1 is 1.18 bits per heavy atom. The summed E-state index contributed by atoms with van der Waals surface area (Å²) >= 11 is 1.68. The highest BCUT2D eigenvalue weighted by Gasteiger charge is 2.18. The van der Waals surface area contributed by atoms with Crippen molar-refractivity contribution < 1.29 is 4.79 Å². The minimum absolute atomic E-state index is 0.0256. The Labute approximate surface area is 134 Å². The summed E-state index contributed by atoms with van der Waals surface area (Å²) in [4.78, 5) is 13.6. The molecule has 0 aliphatic heterocycles. The van der Waals surface area contributed by atoms with Gasteiger partial charge in [0, 0.05) is 23.0 Å². The quantitative estimate of drug-likeness (QED) is 0.741. The fraction of sp³-hybridized carbons (Fsp3) is 0.167. The third-order valence-electron chi connectivity index (χ3n) is 3.54. The van der Waals surface area contributed by atoms with Crippen molar-refractivity contribution >= 4 is 22.9 Å². The standard InChI is InChI=1S/C18H18N2OS/c1-14-6-4-7-15(12-14)19-18(21)13-16(17-8-5-11-22-17)20-9-2-3-10-20/h2-12,16H,13H2,1H3,(H,19,21). The van der Waals surface area contributed by atoms with Crippen LogP contribution in [0.25, 0.3) is 0 Å². The molecule has 3 nitrogen and oxygen atoms in total. The maximum Gasteiger partial charge on any atom is 0.226 e. The first-order valence-electron chi connectivity index (χ1n) is 7.25. The fourth-order valence-electron chi connectivity index (χ4n) is 2.50. The van der Waals surface area contributed by atoms with Crippen molar-refractivity contribution in [1.29, 1.82) is 0 Å². The lowest BCUT2D eigenvalue weighted by atomic mass is 10.1. The van der Waals surface area contributed by atoms with E-state index >= 15 is 0 Å². The number of nitrogens with zero attached hydrogens (tertiary/aromatic N) is 1. The van der Waals surface area contributed by atoms with Crippen LogP contribution in [-0.2, 0) is 4.79 Å². The number of nitrogens with one attached hydrogen (secondary N) is 1. The van der Waals surface area contributed by atoms with Gasteiger partial charge in [-0.15, -0.1) is 11.3 Å². The van der Waals surface area contributed by atoms with E-state index in [0.717, 1.165) is 11.3 Å². The SMILES string of the molecule is Cc1cccc(NC(=O)CC(c2cccs2)n2cccc2)c1. The van der Waals surface area contributed by atoms with Crippen LogP contribution in [0.3, 0.4) is 0 Å². The van der Waals surface area contributed by atoms with E-state index in [1.807, 2.05) is 67.2 Å². The molecule has 2 heterocycles. The van der Waals surface area contributed by atoms with Crippen LogP contribution in [0, 0.1) is 6.92 Å². The van der Waals surface area contributed by atoms with E-state index in [9.17, 15) is 4.79 Å². The molecule has 112 valence electrons. The van der Waals surface area contributed by atoms with Crippen LogP contribution in [0.2, 0.25) is 0 Å². The summed E-state index contributed by atoms with van der Waals surface area (Å²) in [6.07, 6.45) is 4.43. The fourth-order valence-corrected chi connectivity index (χ4v) is 3.33. The normalized spacial score (nSPS) is 12.0. The number of hydrogen-bond acceptors (Lipinski definition) is 2. The molecule has 0 saturated carbocycles. The van der Waals surface area contributed by atoms with Crippen molar-refractivity contribution in [1.82, 2.24) is 4.57 Å². The van der Waals surface area contributed by atoms with Gasteiger partial charge in [-0.1, -0.05) is 18.2 Å². The van der Waals surface area contributed by atoms with Crippen molar-refractivity contribution in [3.8, 4) is 0 Å². The number of rotatable bonds is 5. The summed E-state index contributed by atoms with van der Waals surface area (Å²) in [5.74, 6) is 0.0256. The minimum Gasteiger partial charge on any atom is -0.346 e. The predicted octanol–water partition coefficient (Wildman–Crippen LogP) is 4.48. The Bertz CT molecular complexity index is 698. The van der Waals surface area contributed by atoms with E-state index in [1.165, 1.54) is 4.88 Å². The van der Waals surface area contributed by atoms with Crippen LogP contribution in [0.4, 0.5) is 5.69 Å². The number of hydrogen-bond donors (Lipinski definition) is 1. The third kappa shape index (κ3) is 3.46. The van der Waals surface area contributed by atoms with Crippen LogP contribution in [0.5, 0.6) is 0 Å². The first-order valence-corrected chi connectivity index (χ1v) is 8.13. The number of anilines is 1. The zero-order valence-electron chi connectivity index (χ0n) is 12.4. The van der Waals surface area contributed by atoms with E-state index in [2.05, 4.69) is 16.0 Å². The van der Waals surface area contributed by atoms with E-state index in [0.29, 0.717) is 6.42 Å². The maximum atomic E-state index is 12.4. The van der Waals surface area contributed by atoms with Crippen LogP contribution < -0.4 is 5.32 Å². The molecule has 2 aromatic heterocycles. The largest absolute Gasteiger partial charge is 0.346 e. The van der Waals surface area contributed by atoms with Gasteiger partial charge in [-0.2, -0.15) is 0 Å². The molecule has 0 fully saturated rings. The molecule has 0 spiro atoms. The van der Waals surface area contributed by atoms with E-state index in [-0.39, 0.29) is 11.9 Å². The summed E-state index contributed by atoms with van der Waals surface area (Å²) in [5.41, 5.74) is 1.99. The second-order valence-electron chi connectivity index (χ2n) is 5.28. The molecule has 22 heavy (non-hydrogen) atoms. The smallest absolute Gasteiger partial charge is 0.226 e. The lowest BCUT2D eigenvalue weighted by Gasteiger charge is -2.17. The molecule has 0 bridgehead atoms. The molecule has 1 N–H and O–H groups in total. The second kappa shape index (κ2) is 6.62. The highest BCUT2D eigenvalue weighted by molar-refractivity contribution is 7.10. The maximum absolute atomic E-state index is 12.4. The van der Waals surface area contributed by atoms with E-state index in [4.69, 9.17) is 0 Å². The summed E-state index contributed by atoms with van der Waals surface area (Å²) in [6.45, 7) is 2.02. The topological polar surface area (TPSA) is 34.0 Å². The molecule has 0 aliphatic rings. The lowest BCUT2D eigenvalue weighted by molar-refractivity contribution is -0.116. The molecule has 1 amide bonds. The molecule has 4 heteroatoms. The molecule has 0 saturated heterocycles. The van der Waals surface area contributed by atoms with Crippen molar-refractivity contribution in [2.24, 2.45) is 0 Å². The number of amides is 1. The van der Waals surface area contributed by atoms with Gasteiger partial charge >= 0.3 is 0 Å². The van der Waals surface area contributed by atoms with Gasteiger partial charge in [0.1, 0.15) is 0 Å². The zero-order valence-corrected chi connectivity index (χ0v) is 13.2. The third-order valence-corrected chi connectivity index (χ3v) is 4.51. The molecule has 1 unspecified atom stereocenters. The highest BCUT2D eigenvalue weighted by atomic mass is 32.1. The van der Waals surface area contributed by atoms with Gasteiger partial charge in [0.15, 0.2) is 0 Å². The summed E-state index contributed by atoms with van der Waals surface area (Å²) in [6, 6.07) is 16.0. The molecule has 0 aliphatic carbocycles. The van der Waals surface area contributed by atoms with Gasteiger partial charge in [-0.25, -0.2) is 0 Å². The second-order valence-corrected chi connectivity index (χ2v) is 6.26. The summed E-state index contributed by atoms with van der Waals surface area (Å²) < 4.78 is 2.08. The molecule has 3 rings (SSSR count). The highest BCUT2D eigenvalue weighted by Crippen LogP contribution is 2.27. The average Bonchev–Trinajstić information content (AvgIpc) is 3.18. The Balaban J connectivity index is 1.75. The van der Waals surface area contributed by atoms with Gasteiger partial charge in [0.2, 0.25) is 5.91 Å². The Kier molecular flexibility index (Phi) is 4.39. The van der Waals surface area contributed by atoms with Gasteiger partial charge in [0.25, 0.3) is 0 Å². The zero-order chi connectivity index (χ0) is 15.4. The van der Waals surface area contributed by atoms with Gasteiger partial charge in [0.05, 0.1) is 12.5 Å². The van der Waals surface area contributed by atoms with Crippen molar-refractivity contribution in [2.75, 3.05) is 5.32 Å². The number of aromatic nitrogens is 1. The Morgan fingerprint density at radius 3 is 2.68 bits per heavy atom. The van der Waals surface area contributed by atoms with Crippen LogP contribution in [-0.4, -0.2) is 10.5 Å². The monoisotopic (exact) mass is 310 g/mol. The average molecular weight is 310 g/mol. The van der Waals surface area contributed by atoms with Crippen LogP contribution in [0.1, 0.15) is 22.9 Å². The summed E-state index contributed by atoms with van der Waals surface area (Å²) in [7, 11) is 0. The molecular weight excluding hydrogens is 292 g/mol. The van der Waals surface area contributed by atoms with Crippen molar-refractivity contribution in [3.05, 3.63) is 76.7 Å².